The molecule has 0 spiro atoms. The minimum Gasteiger partial charge on any atom is -0.395 e. The second kappa shape index (κ2) is 3.74. The van der Waals surface area contributed by atoms with Crippen molar-refractivity contribution in [3.63, 3.8) is 0 Å². The van der Waals surface area contributed by atoms with E-state index in [0.29, 0.717) is 0 Å². The molecular weight excluding hydrogens is 283 g/mol. The number of fused-ring (bicyclic) bond motifs is 1. The van der Waals surface area contributed by atoms with Crippen LogP contribution in [0.15, 0.2) is 18.7 Å². The molecule has 0 fully saturated rings. The van der Waals surface area contributed by atoms with Crippen LogP contribution in [0.1, 0.15) is 5.56 Å². The summed E-state index contributed by atoms with van der Waals surface area (Å²) in [4.78, 5) is 0. The molecule has 1 aliphatic heterocycles. The van der Waals surface area contributed by atoms with Gasteiger partial charge >= 0.3 is 12.5 Å². The van der Waals surface area contributed by atoms with Crippen LogP contribution in [0.4, 0.5) is 22.0 Å². The number of hydrogen-bond acceptors (Lipinski definition) is 2. The molecule has 0 saturated heterocycles. The summed E-state index contributed by atoms with van der Waals surface area (Å²) >= 11 is 5.55. The van der Waals surface area contributed by atoms with Crippen molar-refractivity contribution in [3.05, 3.63) is 29.3 Å². The van der Waals surface area contributed by atoms with Crippen molar-refractivity contribution in [1.82, 2.24) is 0 Å². The Kier molecular flexibility index (Phi) is 2.69. The van der Waals surface area contributed by atoms with Gasteiger partial charge in [-0.3, -0.25) is 0 Å². The van der Waals surface area contributed by atoms with Gasteiger partial charge in [0.25, 0.3) is 0 Å². The van der Waals surface area contributed by atoms with Crippen LogP contribution >= 0.6 is 11.6 Å². The second-order valence-corrected chi connectivity index (χ2v) is 3.84. The highest BCUT2D eigenvalue weighted by Gasteiger charge is 2.45. The van der Waals surface area contributed by atoms with Crippen LogP contribution in [0, 0.1) is 0 Å². The summed E-state index contributed by atoms with van der Waals surface area (Å²) in [7, 11) is 0. The van der Waals surface area contributed by atoms with E-state index < -0.39 is 40.1 Å². The maximum Gasteiger partial charge on any atom is 0.586 e. The Bertz CT molecular complexity index is 524. The van der Waals surface area contributed by atoms with Gasteiger partial charge in [-0.25, -0.2) is 0 Å². The van der Waals surface area contributed by atoms with E-state index in [1.807, 2.05) is 0 Å². The molecule has 2 rings (SSSR count). The van der Waals surface area contributed by atoms with E-state index in [-0.39, 0.29) is 0 Å². The smallest absolute Gasteiger partial charge is 0.395 e. The summed E-state index contributed by atoms with van der Waals surface area (Å²) in [6.07, 6.45) is -8.64. The number of hydrogen-bond donors (Lipinski definition) is 0. The highest BCUT2D eigenvalue weighted by Crippen LogP contribution is 2.48. The first-order chi connectivity index (χ1) is 8.10. The zero-order chi connectivity index (χ0) is 13.7. The number of ether oxygens (including phenoxy) is 2. The highest BCUT2D eigenvalue weighted by atomic mass is 35.5. The monoisotopic (exact) mass is 286 g/mol. The van der Waals surface area contributed by atoms with Gasteiger partial charge < -0.3 is 9.47 Å². The highest BCUT2D eigenvalue weighted by molar-refractivity contribution is 6.32. The molecule has 0 radical (unpaired) electrons. The van der Waals surface area contributed by atoms with Gasteiger partial charge in [0.2, 0.25) is 0 Å². The third-order valence-corrected chi connectivity index (χ3v) is 2.43. The molecule has 0 N–H and O–H groups in total. The number of halogens is 6. The molecule has 0 bridgehead atoms. The topological polar surface area (TPSA) is 18.5 Å². The number of allylic oxidation sites excluding steroid dienone is 1. The SMILES string of the molecule is C=C(c1cc(Cl)c2c(c1)OC(F)(F)O2)C(F)(F)F. The second-order valence-electron chi connectivity index (χ2n) is 3.43. The van der Waals surface area contributed by atoms with Crippen molar-refractivity contribution in [3.8, 4) is 11.5 Å². The molecule has 0 atom stereocenters. The Morgan fingerprint density at radius 1 is 1.22 bits per heavy atom. The van der Waals surface area contributed by atoms with E-state index in [4.69, 9.17) is 11.6 Å². The fraction of sp³-hybridized carbons (Fsp3) is 0.200. The van der Waals surface area contributed by atoms with Crippen molar-refractivity contribution in [2.75, 3.05) is 0 Å². The molecule has 8 heteroatoms. The Morgan fingerprint density at radius 2 is 1.83 bits per heavy atom. The van der Waals surface area contributed by atoms with Crippen molar-refractivity contribution >= 4 is 17.2 Å². The fourth-order valence-corrected chi connectivity index (χ4v) is 1.60. The standard InChI is InChI=1S/C10H4ClF5O2/c1-4(9(12,13)14)5-2-6(11)8-7(3-5)17-10(15,16)18-8/h2-3H,1H2. The molecule has 0 aliphatic carbocycles. The van der Waals surface area contributed by atoms with Crippen LogP contribution in [-0.2, 0) is 0 Å². The zero-order valence-electron chi connectivity index (χ0n) is 8.45. The maximum absolute atomic E-state index is 12.7. The predicted octanol–water partition coefficient (Wildman–Crippen LogP) is 4.24. The molecule has 98 valence electrons. The Morgan fingerprint density at radius 3 is 2.39 bits per heavy atom. The van der Waals surface area contributed by atoms with Gasteiger partial charge in [-0.1, -0.05) is 18.2 Å². The Labute approximate surface area is 103 Å². The van der Waals surface area contributed by atoms with E-state index in [1.165, 1.54) is 0 Å². The maximum atomic E-state index is 12.7. The molecule has 1 heterocycles. The van der Waals surface area contributed by atoms with Crippen molar-refractivity contribution in [2.45, 2.75) is 12.5 Å². The van der Waals surface area contributed by atoms with Gasteiger partial charge in [-0.15, -0.1) is 8.78 Å². The lowest BCUT2D eigenvalue weighted by atomic mass is 10.1. The van der Waals surface area contributed by atoms with Gasteiger partial charge in [0.05, 0.1) is 10.6 Å². The summed E-state index contributed by atoms with van der Waals surface area (Å²) in [5.74, 6) is -1.06. The molecule has 0 aromatic heterocycles. The van der Waals surface area contributed by atoms with Gasteiger partial charge in [-0.2, -0.15) is 13.2 Å². The minimum absolute atomic E-state index is 0.412. The van der Waals surface area contributed by atoms with E-state index in [0.717, 1.165) is 12.1 Å². The summed E-state index contributed by atoms with van der Waals surface area (Å²) in [5, 5.41) is -0.412. The largest absolute Gasteiger partial charge is 0.586 e. The van der Waals surface area contributed by atoms with Gasteiger partial charge in [0, 0.05) is 0 Å². The molecule has 18 heavy (non-hydrogen) atoms. The summed E-state index contributed by atoms with van der Waals surface area (Å²) in [6.45, 7) is 2.83. The third kappa shape index (κ3) is 2.22. The first-order valence-corrected chi connectivity index (χ1v) is 4.84. The molecule has 1 aromatic rings. The van der Waals surface area contributed by atoms with Gasteiger partial charge in [-0.05, 0) is 17.7 Å². The molecular formula is C10H4ClF5O2. The molecule has 0 saturated carbocycles. The Balaban J connectivity index is 2.46. The van der Waals surface area contributed by atoms with E-state index >= 15 is 0 Å². The third-order valence-electron chi connectivity index (χ3n) is 2.15. The number of rotatable bonds is 1. The molecule has 0 unspecified atom stereocenters. The van der Waals surface area contributed by atoms with Gasteiger partial charge in [0.1, 0.15) is 0 Å². The van der Waals surface area contributed by atoms with Crippen LogP contribution < -0.4 is 9.47 Å². The lowest BCUT2D eigenvalue weighted by molar-refractivity contribution is -0.286. The molecule has 1 aliphatic rings. The number of alkyl halides is 5. The zero-order valence-corrected chi connectivity index (χ0v) is 9.20. The van der Waals surface area contributed by atoms with E-state index in [1.54, 1.807) is 0 Å². The van der Waals surface area contributed by atoms with Crippen molar-refractivity contribution in [2.24, 2.45) is 0 Å². The average Bonchev–Trinajstić information content (AvgIpc) is 2.50. The average molecular weight is 287 g/mol. The van der Waals surface area contributed by atoms with E-state index in [9.17, 15) is 22.0 Å². The fourth-order valence-electron chi connectivity index (χ4n) is 1.35. The van der Waals surface area contributed by atoms with Crippen LogP contribution in [0.3, 0.4) is 0 Å². The van der Waals surface area contributed by atoms with Crippen LogP contribution in [-0.4, -0.2) is 12.5 Å². The first kappa shape index (κ1) is 12.9. The van der Waals surface area contributed by atoms with Gasteiger partial charge in [0.15, 0.2) is 11.5 Å². The van der Waals surface area contributed by atoms with Crippen molar-refractivity contribution < 1.29 is 31.4 Å². The van der Waals surface area contributed by atoms with Crippen molar-refractivity contribution in [1.29, 1.82) is 0 Å². The lowest BCUT2D eigenvalue weighted by Gasteiger charge is -2.11. The molecule has 0 amide bonds. The summed E-state index contributed by atoms with van der Waals surface area (Å²) in [6, 6.07) is 1.58. The minimum atomic E-state index is -4.69. The normalized spacial score (nSPS) is 16.8. The van der Waals surface area contributed by atoms with Crippen LogP contribution in [0.25, 0.3) is 5.57 Å². The molecule has 1 aromatic carbocycles. The summed E-state index contributed by atoms with van der Waals surface area (Å²) < 4.78 is 70.8. The lowest BCUT2D eigenvalue weighted by Crippen LogP contribution is -2.26. The predicted molar refractivity (Wildman–Crippen MR) is 52.7 cm³/mol. The quantitative estimate of drug-likeness (QED) is 0.719. The number of benzene rings is 1. The Hall–Kier alpha value is -1.50. The first-order valence-electron chi connectivity index (χ1n) is 4.46. The summed E-state index contributed by atoms with van der Waals surface area (Å²) in [5.41, 5.74) is -1.68. The van der Waals surface area contributed by atoms with Crippen LogP contribution in [0.5, 0.6) is 11.5 Å². The van der Waals surface area contributed by atoms with Crippen LogP contribution in [0.2, 0.25) is 5.02 Å². The molecule has 2 nitrogen and oxygen atoms in total. The van der Waals surface area contributed by atoms with E-state index in [2.05, 4.69) is 16.1 Å².